The average Bonchev–Trinajstić information content (AvgIpc) is 3.22. The van der Waals surface area contributed by atoms with Crippen molar-refractivity contribution in [3.05, 3.63) is 40.6 Å². The zero-order chi connectivity index (χ0) is 18.5. The molecule has 2 aromatic heterocycles. The lowest BCUT2D eigenvalue weighted by Crippen LogP contribution is -2.13. The van der Waals surface area contributed by atoms with Gasteiger partial charge in [0.05, 0.1) is 5.02 Å². The van der Waals surface area contributed by atoms with E-state index in [0.717, 1.165) is 22.9 Å². The molecule has 9 heteroatoms. The summed E-state index contributed by atoms with van der Waals surface area (Å²) in [5.74, 6) is 1.06. The fourth-order valence-electron chi connectivity index (χ4n) is 2.26. The van der Waals surface area contributed by atoms with Gasteiger partial charge in [0.1, 0.15) is 17.0 Å². The highest BCUT2D eigenvalue weighted by Crippen LogP contribution is 2.32. The lowest BCUT2D eigenvalue weighted by atomic mass is 10.1. The Morgan fingerprint density at radius 1 is 1.35 bits per heavy atom. The van der Waals surface area contributed by atoms with E-state index in [1.165, 1.54) is 11.3 Å². The molecule has 0 bridgehead atoms. The number of nitrogens with one attached hydrogen (secondary N) is 1. The van der Waals surface area contributed by atoms with Crippen LogP contribution in [0.1, 0.15) is 35.9 Å². The Kier molecular flexibility index (Phi) is 6.29. The number of carbonyl (C=O) groups excluding carboxylic acids is 1. The lowest BCUT2D eigenvalue weighted by molar-refractivity contribution is 0.102. The summed E-state index contributed by atoms with van der Waals surface area (Å²) in [6, 6.07) is 7.19. The third kappa shape index (κ3) is 4.25. The second-order valence-electron chi connectivity index (χ2n) is 5.47. The van der Waals surface area contributed by atoms with Crippen molar-refractivity contribution in [1.82, 2.24) is 15.4 Å². The molecule has 0 saturated heterocycles. The van der Waals surface area contributed by atoms with Gasteiger partial charge in [-0.3, -0.25) is 10.1 Å². The Bertz CT molecular complexity index is 910. The van der Waals surface area contributed by atoms with Crippen molar-refractivity contribution in [3.63, 3.8) is 0 Å². The first-order chi connectivity index (χ1) is 12.6. The molecule has 0 aliphatic rings. The summed E-state index contributed by atoms with van der Waals surface area (Å²) in [6.07, 6.45) is 2.25. The van der Waals surface area contributed by atoms with Crippen molar-refractivity contribution in [2.75, 3.05) is 11.1 Å². The molecule has 1 N–H and O–H groups in total. The Balaban J connectivity index is 1.79. The quantitative estimate of drug-likeness (QED) is 0.324. The van der Waals surface area contributed by atoms with Gasteiger partial charge in [-0.05, 0) is 19.4 Å². The van der Waals surface area contributed by atoms with E-state index in [1.54, 1.807) is 30.8 Å². The molecule has 1 aromatic carbocycles. The fraction of sp³-hybridized carbons (Fsp3) is 0.294. The molecule has 2 heterocycles. The first kappa shape index (κ1) is 18.9. The molecular weight excluding hydrogens is 392 g/mol. The summed E-state index contributed by atoms with van der Waals surface area (Å²) in [6.45, 7) is 3.83. The van der Waals surface area contributed by atoms with Gasteiger partial charge in [0, 0.05) is 11.3 Å². The number of anilines is 1. The first-order valence-corrected chi connectivity index (χ1v) is 10.3. The summed E-state index contributed by atoms with van der Waals surface area (Å²) < 4.78 is 6.06. The van der Waals surface area contributed by atoms with E-state index in [-0.39, 0.29) is 5.91 Å². The first-order valence-electron chi connectivity index (χ1n) is 8.09. The molecule has 0 aliphatic heterocycles. The van der Waals surface area contributed by atoms with Crippen LogP contribution in [0.3, 0.4) is 0 Å². The Morgan fingerprint density at radius 2 is 2.15 bits per heavy atom. The normalized spacial score (nSPS) is 10.9. The maximum Gasteiger partial charge on any atom is 0.263 e. The standard InChI is InChI=1S/C17H17ClN4O2S2/c1-3-4-9-25-17-21-20-16(26-17)19-15(23)13-10(2)24-22-14(13)11-7-5-6-8-12(11)18/h5-8H,3-4,9H2,1-2H3,(H,19,20,23). The molecule has 0 radical (unpaired) electrons. The van der Waals surface area contributed by atoms with Gasteiger partial charge in [-0.25, -0.2) is 0 Å². The fourth-order valence-corrected chi connectivity index (χ4v) is 4.39. The minimum atomic E-state index is -0.347. The number of amides is 1. The average molecular weight is 409 g/mol. The smallest absolute Gasteiger partial charge is 0.263 e. The van der Waals surface area contributed by atoms with Crippen LogP contribution >= 0.6 is 34.7 Å². The third-order valence-electron chi connectivity index (χ3n) is 3.57. The molecule has 0 saturated carbocycles. The van der Waals surface area contributed by atoms with E-state index in [9.17, 15) is 4.79 Å². The van der Waals surface area contributed by atoms with Gasteiger partial charge >= 0.3 is 0 Å². The maximum absolute atomic E-state index is 12.7. The van der Waals surface area contributed by atoms with Gasteiger partial charge in [0.15, 0.2) is 4.34 Å². The SMILES string of the molecule is CCCCSc1nnc(NC(=O)c2c(-c3ccccc3Cl)noc2C)s1. The van der Waals surface area contributed by atoms with Crippen molar-refractivity contribution in [3.8, 4) is 11.3 Å². The van der Waals surface area contributed by atoms with E-state index in [1.807, 2.05) is 12.1 Å². The molecule has 6 nitrogen and oxygen atoms in total. The number of rotatable bonds is 7. The number of hydrogen-bond acceptors (Lipinski definition) is 7. The van der Waals surface area contributed by atoms with Crippen LogP contribution in [-0.2, 0) is 0 Å². The van der Waals surface area contributed by atoms with E-state index in [2.05, 4.69) is 27.6 Å². The van der Waals surface area contributed by atoms with Gasteiger partial charge in [0.25, 0.3) is 5.91 Å². The number of nitrogens with zero attached hydrogens (tertiary/aromatic N) is 3. The number of halogens is 1. The molecule has 0 unspecified atom stereocenters. The zero-order valence-corrected chi connectivity index (χ0v) is 16.7. The minimum absolute atomic E-state index is 0.341. The van der Waals surface area contributed by atoms with Crippen LogP contribution < -0.4 is 5.32 Å². The molecule has 26 heavy (non-hydrogen) atoms. The molecule has 3 aromatic rings. The minimum Gasteiger partial charge on any atom is -0.360 e. The highest BCUT2D eigenvalue weighted by molar-refractivity contribution is 8.01. The summed E-state index contributed by atoms with van der Waals surface area (Å²) >= 11 is 9.22. The molecule has 3 rings (SSSR count). The van der Waals surface area contributed by atoms with Crippen LogP contribution in [0.2, 0.25) is 5.02 Å². The summed E-state index contributed by atoms with van der Waals surface area (Å²) in [4.78, 5) is 12.7. The van der Waals surface area contributed by atoms with E-state index in [0.29, 0.717) is 32.7 Å². The van der Waals surface area contributed by atoms with Gasteiger partial charge < -0.3 is 4.52 Å². The molecule has 0 atom stereocenters. The Morgan fingerprint density at radius 3 is 2.92 bits per heavy atom. The van der Waals surface area contributed by atoms with Crippen molar-refractivity contribution < 1.29 is 9.32 Å². The van der Waals surface area contributed by atoms with Gasteiger partial charge in [-0.2, -0.15) is 0 Å². The monoisotopic (exact) mass is 408 g/mol. The highest BCUT2D eigenvalue weighted by Gasteiger charge is 2.24. The van der Waals surface area contributed by atoms with Gasteiger partial charge in [0.2, 0.25) is 5.13 Å². The topological polar surface area (TPSA) is 80.9 Å². The van der Waals surface area contributed by atoms with Crippen molar-refractivity contribution >= 4 is 45.7 Å². The Labute approximate surface area is 164 Å². The lowest BCUT2D eigenvalue weighted by Gasteiger charge is -2.04. The van der Waals surface area contributed by atoms with Crippen LogP contribution in [0.4, 0.5) is 5.13 Å². The molecular formula is C17H17ClN4O2S2. The Hall–Kier alpha value is -1.90. The van der Waals surface area contributed by atoms with Gasteiger partial charge in [-0.1, -0.05) is 71.4 Å². The highest BCUT2D eigenvalue weighted by atomic mass is 35.5. The van der Waals surface area contributed by atoms with E-state index >= 15 is 0 Å². The third-order valence-corrected chi connectivity index (χ3v) is 5.96. The largest absolute Gasteiger partial charge is 0.360 e. The number of hydrogen-bond donors (Lipinski definition) is 1. The van der Waals surface area contributed by atoms with E-state index in [4.69, 9.17) is 16.1 Å². The van der Waals surface area contributed by atoms with Crippen LogP contribution in [-0.4, -0.2) is 27.0 Å². The van der Waals surface area contributed by atoms with Crippen LogP contribution in [0, 0.1) is 6.92 Å². The second-order valence-corrected chi connectivity index (χ2v) is 8.20. The number of carbonyl (C=O) groups is 1. The predicted molar refractivity (Wildman–Crippen MR) is 105 cm³/mol. The van der Waals surface area contributed by atoms with E-state index < -0.39 is 0 Å². The zero-order valence-electron chi connectivity index (χ0n) is 14.3. The number of benzene rings is 1. The summed E-state index contributed by atoms with van der Waals surface area (Å²) in [7, 11) is 0. The van der Waals surface area contributed by atoms with Crippen LogP contribution in [0.15, 0.2) is 33.1 Å². The van der Waals surface area contributed by atoms with Gasteiger partial charge in [-0.15, -0.1) is 10.2 Å². The van der Waals surface area contributed by atoms with Crippen molar-refractivity contribution in [2.24, 2.45) is 0 Å². The van der Waals surface area contributed by atoms with Crippen LogP contribution in [0.25, 0.3) is 11.3 Å². The van der Waals surface area contributed by atoms with Crippen LogP contribution in [0.5, 0.6) is 0 Å². The molecule has 0 aliphatic carbocycles. The number of thioether (sulfide) groups is 1. The number of aromatic nitrogens is 3. The molecule has 0 spiro atoms. The predicted octanol–water partition coefficient (Wildman–Crippen LogP) is 5.30. The number of aryl methyl sites for hydroxylation is 1. The van der Waals surface area contributed by atoms with Crippen molar-refractivity contribution in [2.45, 2.75) is 31.0 Å². The summed E-state index contributed by atoms with van der Waals surface area (Å²) in [5.41, 5.74) is 1.39. The second kappa shape index (κ2) is 8.66. The number of unbranched alkanes of at least 4 members (excludes halogenated alkanes) is 1. The molecule has 0 fully saturated rings. The maximum atomic E-state index is 12.7. The molecule has 1 amide bonds. The van der Waals surface area contributed by atoms with Crippen molar-refractivity contribution in [1.29, 1.82) is 0 Å². The summed E-state index contributed by atoms with van der Waals surface area (Å²) in [5, 5.41) is 15.9. The molecule has 136 valence electrons.